The van der Waals surface area contributed by atoms with E-state index < -0.39 is 9.84 Å². The van der Waals surface area contributed by atoms with Crippen molar-refractivity contribution in [1.29, 1.82) is 0 Å². The van der Waals surface area contributed by atoms with Crippen LogP contribution in [0.15, 0.2) is 18.2 Å². The van der Waals surface area contributed by atoms with E-state index in [-0.39, 0.29) is 30.2 Å². The van der Waals surface area contributed by atoms with Crippen LogP contribution in [-0.4, -0.2) is 38.7 Å². The van der Waals surface area contributed by atoms with E-state index in [2.05, 4.69) is 5.32 Å². The molecule has 1 aromatic rings. The molecule has 3 rings (SSSR count). The number of ether oxygens (including phenoxy) is 2. The highest BCUT2D eigenvalue weighted by Crippen LogP contribution is 2.32. The number of carbonyl (C=O) groups excluding carboxylic acids is 1. The van der Waals surface area contributed by atoms with E-state index in [4.69, 9.17) is 9.47 Å². The lowest BCUT2D eigenvalue weighted by Gasteiger charge is -2.10. The van der Waals surface area contributed by atoms with Gasteiger partial charge in [-0.3, -0.25) is 4.79 Å². The van der Waals surface area contributed by atoms with Crippen LogP contribution in [0, 0.1) is 0 Å². The molecule has 2 aliphatic rings. The highest BCUT2D eigenvalue weighted by atomic mass is 32.2. The van der Waals surface area contributed by atoms with Crippen molar-refractivity contribution in [2.75, 3.05) is 18.3 Å². The molecule has 19 heavy (non-hydrogen) atoms. The summed E-state index contributed by atoms with van der Waals surface area (Å²) >= 11 is 0. The number of hydrogen-bond acceptors (Lipinski definition) is 5. The van der Waals surface area contributed by atoms with Crippen molar-refractivity contribution in [3.63, 3.8) is 0 Å². The van der Waals surface area contributed by atoms with Crippen LogP contribution in [0.3, 0.4) is 0 Å². The number of benzene rings is 1. The van der Waals surface area contributed by atoms with E-state index in [9.17, 15) is 13.2 Å². The number of hydrogen-bond donors (Lipinski definition) is 1. The first-order valence-electron chi connectivity index (χ1n) is 5.94. The molecule has 1 fully saturated rings. The number of fused-ring (bicyclic) bond motifs is 1. The Morgan fingerprint density at radius 1 is 1.26 bits per heavy atom. The summed E-state index contributed by atoms with van der Waals surface area (Å²) in [7, 11) is -2.99. The number of sulfone groups is 1. The summed E-state index contributed by atoms with van der Waals surface area (Å²) in [5.41, 5.74) is 0.438. The molecular formula is C12H13NO5S. The van der Waals surface area contributed by atoms with Gasteiger partial charge in [-0.25, -0.2) is 8.42 Å². The van der Waals surface area contributed by atoms with Gasteiger partial charge in [0.15, 0.2) is 21.3 Å². The summed E-state index contributed by atoms with van der Waals surface area (Å²) in [6.45, 7) is 0.154. The summed E-state index contributed by atoms with van der Waals surface area (Å²) < 4.78 is 33.0. The summed E-state index contributed by atoms with van der Waals surface area (Å²) in [5, 5.41) is 2.73. The second kappa shape index (κ2) is 4.41. The molecule has 2 aliphatic heterocycles. The zero-order chi connectivity index (χ0) is 13.5. The Morgan fingerprint density at radius 2 is 2.05 bits per heavy atom. The summed E-state index contributed by atoms with van der Waals surface area (Å²) in [6.07, 6.45) is 0.471. The maximum Gasteiger partial charge on any atom is 0.251 e. The fourth-order valence-electron chi connectivity index (χ4n) is 2.22. The molecule has 1 aromatic carbocycles. The number of rotatable bonds is 2. The zero-order valence-corrected chi connectivity index (χ0v) is 10.9. The van der Waals surface area contributed by atoms with E-state index in [1.165, 1.54) is 0 Å². The van der Waals surface area contributed by atoms with Crippen LogP contribution < -0.4 is 14.8 Å². The predicted octanol–water partition coefficient (Wildman–Crippen LogP) is 0.332. The fourth-order valence-corrected chi connectivity index (χ4v) is 3.89. The SMILES string of the molecule is O=C(N[C@@H]1CCS(=O)(=O)C1)c1ccc2c(c1)OCO2. The van der Waals surface area contributed by atoms with Gasteiger partial charge in [0.25, 0.3) is 5.91 Å². The third-order valence-electron chi connectivity index (χ3n) is 3.20. The van der Waals surface area contributed by atoms with Crippen LogP contribution in [0.4, 0.5) is 0 Å². The van der Waals surface area contributed by atoms with Crippen molar-refractivity contribution >= 4 is 15.7 Å². The molecule has 1 saturated heterocycles. The van der Waals surface area contributed by atoms with E-state index in [0.717, 1.165) is 0 Å². The topological polar surface area (TPSA) is 81.7 Å². The molecule has 2 heterocycles. The Labute approximate surface area is 110 Å². The van der Waals surface area contributed by atoms with Gasteiger partial charge in [-0.15, -0.1) is 0 Å². The largest absolute Gasteiger partial charge is 0.454 e. The number of nitrogens with one attached hydrogen (secondary N) is 1. The Balaban J connectivity index is 1.71. The standard InChI is InChI=1S/C12H13NO5S/c14-12(13-9-3-4-19(15,16)6-9)8-1-2-10-11(5-8)18-7-17-10/h1-2,5,9H,3-4,6-7H2,(H,13,14)/t9-/m1/s1. The molecule has 102 valence electrons. The van der Waals surface area contributed by atoms with E-state index in [0.29, 0.717) is 23.5 Å². The molecule has 1 amide bonds. The zero-order valence-electron chi connectivity index (χ0n) is 10.1. The lowest BCUT2D eigenvalue weighted by Crippen LogP contribution is -2.35. The maximum absolute atomic E-state index is 12.0. The van der Waals surface area contributed by atoms with Gasteiger partial charge < -0.3 is 14.8 Å². The summed E-state index contributed by atoms with van der Waals surface area (Å²) in [4.78, 5) is 12.0. The molecule has 1 atom stereocenters. The molecule has 0 aromatic heterocycles. The molecule has 7 heteroatoms. The van der Waals surface area contributed by atoms with Crippen LogP contribution in [0.25, 0.3) is 0 Å². The van der Waals surface area contributed by atoms with Crippen LogP contribution in [0.2, 0.25) is 0 Å². The molecule has 0 aliphatic carbocycles. The van der Waals surface area contributed by atoms with Crippen LogP contribution in [0.1, 0.15) is 16.8 Å². The second-order valence-electron chi connectivity index (χ2n) is 4.64. The molecule has 0 spiro atoms. The van der Waals surface area contributed by atoms with Gasteiger partial charge in [-0.1, -0.05) is 0 Å². The van der Waals surface area contributed by atoms with Crippen LogP contribution in [-0.2, 0) is 9.84 Å². The minimum absolute atomic E-state index is 0.0172. The predicted molar refractivity (Wildman–Crippen MR) is 67.1 cm³/mol. The third kappa shape index (κ3) is 2.51. The lowest BCUT2D eigenvalue weighted by atomic mass is 10.1. The van der Waals surface area contributed by atoms with Crippen molar-refractivity contribution in [3.05, 3.63) is 23.8 Å². The van der Waals surface area contributed by atoms with Crippen molar-refractivity contribution in [1.82, 2.24) is 5.32 Å². The molecule has 0 saturated carbocycles. The smallest absolute Gasteiger partial charge is 0.251 e. The van der Waals surface area contributed by atoms with Crippen LogP contribution in [0.5, 0.6) is 11.5 Å². The first-order chi connectivity index (χ1) is 9.03. The van der Waals surface area contributed by atoms with Gasteiger partial charge in [-0.2, -0.15) is 0 Å². The Bertz CT molecular complexity index is 625. The van der Waals surface area contributed by atoms with Gasteiger partial charge in [0.05, 0.1) is 11.5 Å². The molecule has 0 unspecified atom stereocenters. The monoisotopic (exact) mass is 283 g/mol. The average Bonchev–Trinajstić information content (AvgIpc) is 2.94. The van der Waals surface area contributed by atoms with Crippen molar-refractivity contribution in [2.45, 2.75) is 12.5 Å². The van der Waals surface area contributed by atoms with Gasteiger partial charge in [-0.05, 0) is 24.6 Å². The molecule has 1 N–H and O–H groups in total. The van der Waals surface area contributed by atoms with Crippen LogP contribution >= 0.6 is 0 Å². The first kappa shape index (κ1) is 12.3. The maximum atomic E-state index is 12.0. The minimum Gasteiger partial charge on any atom is -0.454 e. The van der Waals surface area contributed by atoms with Gasteiger partial charge in [0.1, 0.15) is 0 Å². The molecular weight excluding hydrogens is 270 g/mol. The third-order valence-corrected chi connectivity index (χ3v) is 4.97. The van der Waals surface area contributed by atoms with Gasteiger partial charge in [0, 0.05) is 11.6 Å². The number of carbonyl (C=O) groups is 1. The van der Waals surface area contributed by atoms with Crippen molar-refractivity contribution in [2.24, 2.45) is 0 Å². The lowest BCUT2D eigenvalue weighted by molar-refractivity contribution is 0.0940. The molecule has 0 bridgehead atoms. The Kier molecular flexibility index (Phi) is 2.85. The number of amides is 1. The second-order valence-corrected chi connectivity index (χ2v) is 6.87. The molecule has 6 nitrogen and oxygen atoms in total. The highest BCUT2D eigenvalue weighted by molar-refractivity contribution is 7.91. The summed E-state index contributed by atoms with van der Waals surface area (Å²) in [5.74, 6) is 1.01. The Morgan fingerprint density at radius 3 is 2.79 bits per heavy atom. The summed E-state index contributed by atoms with van der Waals surface area (Å²) in [6, 6.07) is 4.60. The van der Waals surface area contributed by atoms with Gasteiger partial charge in [0.2, 0.25) is 6.79 Å². The average molecular weight is 283 g/mol. The fraction of sp³-hybridized carbons (Fsp3) is 0.417. The van der Waals surface area contributed by atoms with Crippen molar-refractivity contribution in [3.8, 4) is 11.5 Å². The van der Waals surface area contributed by atoms with E-state index >= 15 is 0 Å². The van der Waals surface area contributed by atoms with Gasteiger partial charge >= 0.3 is 0 Å². The first-order valence-corrected chi connectivity index (χ1v) is 7.76. The minimum atomic E-state index is -2.99. The normalized spacial score (nSPS) is 23.3. The molecule has 0 radical (unpaired) electrons. The van der Waals surface area contributed by atoms with E-state index in [1.807, 2.05) is 0 Å². The Hall–Kier alpha value is -1.76. The van der Waals surface area contributed by atoms with E-state index in [1.54, 1.807) is 18.2 Å². The highest BCUT2D eigenvalue weighted by Gasteiger charge is 2.29. The van der Waals surface area contributed by atoms with Crippen molar-refractivity contribution < 1.29 is 22.7 Å². The quantitative estimate of drug-likeness (QED) is 0.846.